The van der Waals surface area contributed by atoms with E-state index >= 15 is 0 Å². The summed E-state index contributed by atoms with van der Waals surface area (Å²) in [5.74, 6) is 1.56. The SMILES string of the molecule is COc1cc(C)c(C(N)C2CCNCC2)c(C)c1C. The number of nitrogens with two attached hydrogens (primary N) is 1. The molecule has 1 atom stereocenters. The van der Waals surface area contributed by atoms with Crippen LogP contribution >= 0.6 is 0 Å². The van der Waals surface area contributed by atoms with Crippen molar-refractivity contribution in [2.75, 3.05) is 20.2 Å². The molecule has 1 saturated heterocycles. The lowest BCUT2D eigenvalue weighted by molar-refractivity contribution is 0.320. The Kier molecular flexibility index (Phi) is 4.48. The van der Waals surface area contributed by atoms with Crippen LogP contribution in [0.4, 0.5) is 0 Å². The molecule has 0 spiro atoms. The summed E-state index contributed by atoms with van der Waals surface area (Å²) >= 11 is 0. The number of hydrogen-bond acceptors (Lipinski definition) is 3. The Balaban J connectivity index is 2.35. The van der Waals surface area contributed by atoms with Gasteiger partial charge in [-0.1, -0.05) is 0 Å². The predicted molar refractivity (Wildman–Crippen MR) is 79.7 cm³/mol. The highest BCUT2D eigenvalue weighted by molar-refractivity contribution is 5.49. The summed E-state index contributed by atoms with van der Waals surface area (Å²) < 4.78 is 5.44. The Labute approximate surface area is 116 Å². The van der Waals surface area contributed by atoms with Crippen molar-refractivity contribution < 1.29 is 4.74 Å². The van der Waals surface area contributed by atoms with Crippen molar-refractivity contribution >= 4 is 0 Å². The molecule has 1 aliphatic heterocycles. The smallest absolute Gasteiger partial charge is 0.122 e. The average molecular weight is 262 g/mol. The van der Waals surface area contributed by atoms with Crippen LogP contribution in [0, 0.1) is 26.7 Å². The quantitative estimate of drug-likeness (QED) is 0.880. The zero-order valence-corrected chi connectivity index (χ0v) is 12.5. The van der Waals surface area contributed by atoms with Crippen LogP contribution in [0.25, 0.3) is 0 Å². The summed E-state index contributed by atoms with van der Waals surface area (Å²) in [5.41, 5.74) is 11.7. The van der Waals surface area contributed by atoms with Crippen molar-refractivity contribution in [1.29, 1.82) is 0 Å². The molecule has 0 radical (unpaired) electrons. The molecule has 1 unspecified atom stereocenters. The van der Waals surface area contributed by atoms with E-state index in [1.165, 1.54) is 35.1 Å². The summed E-state index contributed by atoms with van der Waals surface area (Å²) in [4.78, 5) is 0. The largest absolute Gasteiger partial charge is 0.496 e. The van der Waals surface area contributed by atoms with E-state index in [9.17, 15) is 0 Å². The number of piperidine rings is 1. The van der Waals surface area contributed by atoms with E-state index in [1.807, 2.05) is 0 Å². The summed E-state index contributed by atoms with van der Waals surface area (Å²) in [6, 6.07) is 2.27. The number of ether oxygens (including phenoxy) is 1. The third kappa shape index (κ3) is 2.77. The van der Waals surface area contributed by atoms with Crippen molar-refractivity contribution in [3.63, 3.8) is 0 Å². The molecular weight excluding hydrogens is 236 g/mol. The topological polar surface area (TPSA) is 47.3 Å². The van der Waals surface area contributed by atoms with Crippen LogP contribution in [-0.4, -0.2) is 20.2 Å². The van der Waals surface area contributed by atoms with Crippen molar-refractivity contribution in [3.05, 3.63) is 28.3 Å². The molecule has 1 aromatic rings. The number of methoxy groups -OCH3 is 1. The molecule has 1 aromatic carbocycles. The minimum absolute atomic E-state index is 0.145. The van der Waals surface area contributed by atoms with Gasteiger partial charge in [-0.3, -0.25) is 0 Å². The molecule has 3 heteroatoms. The van der Waals surface area contributed by atoms with Crippen molar-refractivity contribution in [2.24, 2.45) is 11.7 Å². The Morgan fingerprint density at radius 2 is 1.84 bits per heavy atom. The highest BCUT2D eigenvalue weighted by atomic mass is 16.5. The monoisotopic (exact) mass is 262 g/mol. The number of hydrogen-bond donors (Lipinski definition) is 2. The lowest BCUT2D eigenvalue weighted by Crippen LogP contribution is -2.34. The standard InChI is InChI=1S/C16H26N2O/c1-10-9-14(19-4)11(2)12(3)15(10)16(17)13-5-7-18-8-6-13/h9,13,16,18H,5-8,17H2,1-4H3. The maximum atomic E-state index is 6.56. The summed E-state index contributed by atoms with van der Waals surface area (Å²) in [6.45, 7) is 8.61. The number of nitrogens with one attached hydrogen (secondary N) is 1. The summed E-state index contributed by atoms with van der Waals surface area (Å²) in [6.07, 6.45) is 2.34. The van der Waals surface area contributed by atoms with Crippen LogP contribution in [0.15, 0.2) is 6.07 Å². The lowest BCUT2D eigenvalue weighted by atomic mass is 9.82. The minimum Gasteiger partial charge on any atom is -0.496 e. The highest BCUT2D eigenvalue weighted by Crippen LogP contribution is 2.35. The van der Waals surface area contributed by atoms with E-state index < -0.39 is 0 Å². The second-order valence-electron chi connectivity index (χ2n) is 5.67. The van der Waals surface area contributed by atoms with Crippen LogP contribution < -0.4 is 15.8 Å². The molecule has 0 bridgehead atoms. The number of rotatable bonds is 3. The zero-order valence-electron chi connectivity index (χ0n) is 12.5. The van der Waals surface area contributed by atoms with E-state index in [-0.39, 0.29) is 6.04 Å². The van der Waals surface area contributed by atoms with Gasteiger partial charge in [0, 0.05) is 6.04 Å². The van der Waals surface area contributed by atoms with Crippen LogP contribution in [0.3, 0.4) is 0 Å². The molecule has 0 amide bonds. The van der Waals surface area contributed by atoms with Crippen molar-refractivity contribution in [1.82, 2.24) is 5.32 Å². The van der Waals surface area contributed by atoms with Crippen LogP contribution in [-0.2, 0) is 0 Å². The van der Waals surface area contributed by atoms with Gasteiger partial charge < -0.3 is 15.8 Å². The Bertz CT molecular complexity index is 451. The maximum absolute atomic E-state index is 6.56. The van der Waals surface area contributed by atoms with Crippen LogP contribution in [0.1, 0.15) is 41.1 Å². The van der Waals surface area contributed by atoms with E-state index in [1.54, 1.807) is 7.11 Å². The van der Waals surface area contributed by atoms with Crippen LogP contribution in [0.2, 0.25) is 0 Å². The van der Waals surface area contributed by atoms with Gasteiger partial charge in [-0.05, 0) is 80.9 Å². The first-order chi connectivity index (χ1) is 9.06. The first-order valence-electron chi connectivity index (χ1n) is 7.17. The number of benzene rings is 1. The minimum atomic E-state index is 0.145. The van der Waals surface area contributed by atoms with Gasteiger partial charge in [-0.15, -0.1) is 0 Å². The molecule has 0 aliphatic carbocycles. The van der Waals surface area contributed by atoms with Gasteiger partial charge in [0.2, 0.25) is 0 Å². The van der Waals surface area contributed by atoms with Gasteiger partial charge in [0.05, 0.1) is 7.11 Å². The Morgan fingerprint density at radius 1 is 1.21 bits per heavy atom. The normalized spacial score (nSPS) is 18.4. The Morgan fingerprint density at radius 3 is 2.42 bits per heavy atom. The molecule has 19 heavy (non-hydrogen) atoms. The summed E-state index contributed by atoms with van der Waals surface area (Å²) in [5, 5.41) is 3.40. The maximum Gasteiger partial charge on any atom is 0.122 e. The van der Waals surface area contributed by atoms with E-state index in [0.717, 1.165) is 18.8 Å². The lowest BCUT2D eigenvalue weighted by Gasteiger charge is -2.31. The van der Waals surface area contributed by atoms with Gasteiger partial charge >= 0.3 is 0 Å². The second kappa shape index (κ2) is 5.93. The highest BCUT2D eigenvalue weighted by Gasteiger charge is 2.25. The first-order valence-corrected chi connectivity index (χ1v) is 7.17. The molecule has 3 nitrogen and oxygen atoms in total. The molecule has 1 fully saturated rings. The van der Waals surface area contributed by atoms with E-state index in [0.29, 0.717) is 5.92 Å². The van der Waals surface area contributed by atoms with Gasteiger partial charge in [-0.25, -0.2) is 0 Å². The zero-order chi connectivity index (χ0) is 14.0. The average Bonchev–Trinajstić information content (AvgIpc) is 2.43. The van der Waals surface area contributed by atoms with Crippen LogP contribution in [0.5, 0.6) is 5.75 Å². The van der Waals surface area contributed by atoms with E-state index in [4.69, 9.17) is 10.5 Å². The number of aryl methyl sites for hydroxylation is 1. The van der Waals surface area contributed by atoms with Gasteiger partial charge in [-0.2, -0.15) is 0 Å². The molecule has 1 aliphatic rings. The molecular formula is C16H26N2O. The van der Waals surface area contributed by atoms with Gasteiger partial charge in [0.15, 0.2) is 0 Å². The first kappa shape index (κ1) is 14.4. The molecule has 3 N–H and O–H groups in total. The van der Waals surface area contributed by atoms with Crippen molar-refractivity contribution in [3.8, 4) is 5.75 Å². The Hall–Kier alpha value is -1.06. The molecule has 1 heterocycles. The molecule has 0 aromatic heterocycles. The third-order valence-electron chi connectivity index (χ3n) is 4.55. The van der Waals surface area contributed by atoms with Crippen molar-refractivity contribution in [2.45, 2.75) is 39.7 Å². The fourth-order valence-electron chi connectivity index (χ4n) is 3.23. The third-order valence-corrected chi connectivity index (χ3v) is 4.55. The van der Waals surface area contributed by atoms with Gasteiger partial charge in [0.1, 0.15) is 5.75 Å². The van der Waals surface area contributed by atoms with Gasteiger partial charge in [0.25, 0.3) is 0 Å². The second-order valence-corrected chi connectivity index (χ2v) is 5.67. The van der Waals surface area contributed by atoms with E-state index in [2.05, 4.69) is 32.2 Å². The predicted octanol–water partition coefficient (Wildman–Crippen LogP) is 2.62. The summed E-state index contributed by atoms with van der Waals surface area (Å²) in [7, 11) is 1.73. The fraction of sp³-hybridized carbons (Fsp3) is 0.625. The molecule has 106 valence electrons. The molecule has 0 saturated carbocycles. The molecule has 2 rings (SSSR count). The fourth-order valence-corrected chi connectivity index (χ4v) is 3.23.